The van der Waals surface area contributed by atoms with Crippen LogP contribution in [0.4, 0.5) is 0 Å². The first-order chi connectivity index (χ1) is 16.2. The van der Waals surface area contributed by atoms with Crippen LogP contribution < -0.4 is 0 Å². The summed E-state index contributed by atoms with van der Waals surface area (Å²) in [5.41, 5.74) is 1.52. The second-order valence-electron chi connectivity index (χ2n) is 9.56. The Labute approximate surface area is 207 Å². The number of amides is 3. The van der Waals surface area contributed by atoms with Gasteiger partial charge in [0, 0.05) is 11.1 Å². The van der Waals surface area contributed by atoms with Crippen molar-refractivity contribution in [1.82, 2.24) is 10.0 Å². The lowest BCUT2D eigenvalue weighted by molar-refractivity contribution is -0.157. The number of fused-ring (bicyclic) bond motifs is 5. The monoisotopic (exact) mass is 498 g/mol. The molecule has 5 atom stereocenters. The molecule has 0 unspecified atom stereocenters. The van der Waals surface area contributed by atoms with E-state index in [0.717, 1.165) is 34.8 Å². The molecule has 0 N–H and O–H groups in total. The lowest BCUT2D eigenvalue weighted by Crippen LogP contribution is -2.56. The first-order valence-corrected chi connectivity index (χ1v) is 12.2. The summed E-state index contributed by atoms with van der Waals surface area (Å²) in [6, 6.07) is 10.2. The smallest absolute Gasteiger partial charge is 0.273 e. The van der Waals surface area contributed by atoms with Gasteiger partial charge in [-0.3, -0.25) is 19.2 Å². The van der Waals surface area contributed by atoms with Crippen molar-refractivity contribution in [1.29, 1.82) is 0 Å². The van der Waals surface area contributed by atoms with E-state index in [0.29, 0.717) is 5.56 Å². The molecule has 5 rings (SSSR count). The van der Waals surface area contributed by atoms with Crippen molar-refractivity contribution < 1.29 is 19.2 Å². The summed E-state index contributed by atoms with van der Waals surface area (Å²) >= 11 is 12.2. The van der Waals surface area contributed by atoms with Crippen LogP contribution in [-0.4, -0.2) is 39.6 Å². The number of nitrogens with zero attached hydrogens (tertiary/aromatic N) is 2. The zero-order valence-corrected chi connectivity index (χ0v) is 20.3. The maximum atomic E-state index is 13.7. The molecule has 0 aromatic heterocycles. The summed E-state index contributed by atoms with van der Waals surface area (Å²) < 4.78 is 0. The Bertz CT molecular complexity index is 1180. The molecule has 2 aliphatic carbocycles. The topological polar surface area (TPSA) is 74.8 Å². The van der Waals surface area contributed by atoms with Crippen molar-refractivity contribution in [3.63, 3.8) is 0 Å². The molecular formula is C26H24Cl2N2O4. The van der Waals surface area contributed by atoms with Crippen molar-refractivity contribution >= 4 is 46.7 Å². The third-order valence-electron chi connectivity index (χ3n) is 7.58. The summed E-state index contributed by atoms with van der Waals surface area (Å²) in [6.07, 6.45) is 2.70. The number of hydrogen-bond donors (Lipinski definition) is 0. The van der Waals surface area contributed by atoms with Crippen LogP contribution in [0.25, 0.3) is 0 Å². The summed E-state index contributed by atoms with van der Waals surface area (Å²) in [5, 5.41) is 2.41. The molecule has 1 heterocycles. The van der Waals surface area contributed by atoms with Crippen LogP contribution in [0, 0.1) is 30.6 Å². The number of rotatable bonds is 5. The molecule has 6 nitrogen and oxygen atoms in total. The minimum absolute atomic E-state index is 0.138. The van der Waals surface area contributed by atoms with Gasteiger partial charge in [0.05, 0.1) is 21.9 Å². The predicted molar refractivity (Wildman–Crippen MR) is 127 cm³/mol. The quantitative estimate of drug-likeness (QED) is 0.431. The SMILES string of the molecule is Cc1ccc(C(=O)[C@H](C)N(C(=O)c2ccc(Cl)c(Cl)c2)N2C(=O)[C@H]3[C@H]4CC[C@@H](C4)[C@@H]3C2=O)cc1. The molecule has 0 spiro atoms. The van der Waals surface area contributed by atoms with Gasteiger partial charge in [0.1, 0.15) is 6.04 Å². The predicted octanol–water partition coefficient (Wildman–Crippen LogP) is 4.96. The number of benzene rings is 2. The van der Waals surface area contributed by atoms with E-state index in [2.05, 4.69) is 0 Å². The van der Waals surface area contributed by atoms with Gasteiger partial charge in [-0.1, -0.05) is 53.0 Å². The molecule has 0 radical (unpaired) electrons. The van der Waals surface area contributed by atoms with E-state index in [1.54, 1.807) is 31.2 Å². The Morgan fingerprint density at radius 2 is 1.47 bits per heavy atom. The van der Waals surface area contributed by atoms with Crippen LogP contribution in [0.2, 0.25) is 10.0 Å². The minimum Gasteiger partial charge on any atom is -0.292 e. The molecule has 1 aliphatic heterocycles. The molecule has 3 aliphatic rings. The Morgan fingerprint density at radius 3 is 2.03 bits per heavy atom. The highest BCUT2D eigenvalue weighted by Gasteiger charge is 2.63. The third-order valence-corrected chi connectivity index (χ3v) is 8.32. The van der Waals surface area contributed by atoms with Crippen molar-refractivity contribution in [2.45, 2.75) is 39.2 Å². The normalized spacial score (nSPS) is 26.1. The van der Waals surface area contributed by atoms with Gasteiger partial charge in [-0.05, 0) is 63.1 Å². The molecule has 3 amide bonds. The minimum atomic E-state index is -1.09. The van der Waals surface area contributed by atoms with Gasteiger partial charge in [-0.15, -0.1) is 0 Å². The van der Waals surface area contributed by atoms with Crippen LogP contribution in [0.3, 0.4) is 0 Å². The Morgan fingerprint density at radius 1 is 0.912 bits per heavy atom. The second kappa shape index (κ2) is 8.51. The maximum absolute atomic E-state index is 13.7. The molecule has 2 bridgehead atoms. The summed E-state index contributed by atoms with van der Waals surface area (Å²) in [7, 11) is 0. The van der Waals surface area contributed by atoms with Crippen LogP contribution in [-0.2, 0) is 9.59 Å². The Balaban J connectivity index is 1.55. The molecule has 176 valence electrons. The van der Waals surface area contributed by atoms with Crippen molar-refractivity contribution in [3.05, 3.63) is 69.2 Å². The average molecular weight is 499 g/mol. The van der Waals surface area contributed by atoms with Gasteiger partial charge in [0.25, 0.3) is 17.7 Å². The highest BCUT2D eigenvalue weighted by Crippen LogP contribution is 2.56. The highest BCUT2D eigenvalue weighted by molar-refractivity contribution is 6.42. The van der Waals surface area contributed by atoms with Crippen LogP contribution in [0.1, 0.15) is 52.5 Å². The third kappa shape index (κ3) is 3.55. The Hall–Kier alpha value is -2.70. The summed E-state index contributed by atoms with van der Waals surface area (Å²) in [5.74, 6) is -2.33. The number of carbonyl (C=O) groups is 4. The maximum Gasteiger partial charge on any atom is 0.273 e. The van der Waals surface area contributed by atoms with Crippen molar-refractivity contribution in [2.75, 3.05) is 0 Å². The molecule has 2 aromatic carbocycles. The van der Waals surface area contributed by atoms with E-state index in [4.69, 9.17) is 23.2 Å². The first kappa shape index (κ1) is 23.1. The van der Waals surface area contributed by atoms with Gasteiger partial charge in [-0.2, -0.15) is 5.01 Å². The molecular weight excluding hydrogens is 475 g/mol. The molecule has 2 aromatic rings. The number of imide groups is 1. The van der Waals surface area contributed by atoms with Gasteiger partial charge < -0.3 is 0 Å². The fourth-order valence-corrected chi connectivity index (χ4v) is 6.17. The summed E-state index contributed by atoms with van der Waals surface area (Å²) in [4.78, 5) is 54.3. The zero-order valence-electron chi connectivity index (χ0n) is 18.8. The van der Waals surface area contributed by atoms with Crippen LogP contribution in [0.5, 0.6) is 0 Å². The van der Waals surface area contributed by atoms with Crippen molar-refractivity contribution in [3.8, 4) is 0 Å². The molecule has 1 saturated heterocycles. The zero-order chi connectivity index (χ0) is 24.3. The number of halogens is 2. The van der Waals surface area contributed by atoms with Crippen molar-refractivity contribution in [2.24, 2.45) is 23.7 Å². The van der Waals surface area contributed by atoms with E-state index in [9.17, 15) is 19.2 Å². The Kier molecular flexibility index (Phi) is 5.77. The van der Waals surface area contributed by atoms with E-state index >= 15 is 0 Å². The van der Waals surface area contributed by atoms with E-state index in [1.165, 1.54) is 18.2 Å². The van der Waals surface area contributed by atoms with Gasteiger partial charge in [0.15, 0.2) is 5.78 Å². The standard InChI is InChI=1S/C26H24Cl2N2O4/c1-13-3-5-15(6-4-13)23(31)14(2)29(24(32)18-9-10-19(27)20(28)12-18)30-25(33)21-16-7-8-17(11-16)22(21)26(30)34/h3-6,9-10,12,14,16-17,21-22H,7-8,11H2,1-2H3/t14-,16-,17-,21-,22-/m0/s1. The number of hydrazine groups is 1. The number of carbonyl (C=O) groups excluding carboxylic acids is 4. The van der Waals surface area contributed by atoms with Crippen LogP contribution in [0.15, 0.2) is 42.5 Å². The fourth-order valence-electron chi connectivity index (χ4n) is 5.88. The van der Waals surface area contributed by atoms with Gasteiger partial charge in [0.2, 0.25) is 0 Å². The highest BCUT2D eigenvalue weighted by atomic mass is 35.5. The molecule has 3 fully saturated rings. The average Bonchev–Trinajstić information content (AvgIpc) is 3.51. The number of aryl methyl sites for hydroxylation is 1. The lowest BCUT2D eigenvalue weighted by Gasteiger charge is -2.35. The molecule has 8 heteroatoms. The van der Waals surface area contributed by atoms with Gasteiger partial charge in [-0.25, -0.2) is 5.01 Å². The molecule has 2 saturated carbocycles. The lowest BCUT2D eigenvalue weighted by atomic mass is 9.81. The van der Waals surface area contributed by atoms with E-state index in [-0.39, 0.29) is 45.0 Å². The number of ketones is 1. The second-order valence-corrected chi connectivity index (χ2v) is 10.4. The van der Waals surface area contributed by atoms with Gasteiger partial charge >= 0.3 is 0 Å². The first-order valence-electron chi connectivity index (χ1n) is 11.5. The van der Waals surface area contributed by atoms with Crippen LogP contribution >= 0.6 is 23.2 Å². The number of hydrogen-bond acceptors (Lipinski definition) is 4. The fraction of sp³-hybridized carbons (Fsp3) is 0.385. The largest absolute Gasteiger partial charge is 0.292 e. The molecule has 34 heavy (non-hydrogen) atoms. The summed E-state index contributed by atoms with van der Waals surface area (Å²) in [6.45, 7) is 3.45. The number of Topliss-reactive ketones (excluding diaryl/α,β-unsaturated/α-hetero) is 1. The van der Waals surface area contributed by atoms with E-state index < -0.39 is 23.8 Å². The van der Waals surface area contributed by atoms with E-state index in [1.807, 2.05) is 6.92 Å².